The van der Waals surface area contributed by atoms with Gasteiger partial charge in [-0.25, -0.2) is 9.97 Å². The summed E-state index contributed by atoms with van der Waals surface area (Å²) in [6.45, 7) is 4.25. The molecule has 0 N–H and O–H groups in total. The first-order valence-electron chi connectivity index (χ1n) is 7.77. The van der Waals surface area contributed by atoms with E-state index < -0.39 is 0 Å². The third-order valence-electron chi connectivity index (χ3n) is 4.55. The summed E-state index contributed by atoms with van der Waals surface area (Å²) >= 11 is 5.96. The Kier molecular flexibility index (Phi) is 4.45. The van der Waals surface area contributed by atoms with Gasteiger partial charge in [-0.3, -0.25) is 0 Å². The van der Waals surface area contributed by atoms with Crippen LogP contribution in [0.25, 0.3) is 11.2 Å². The van der Waals surface area contributed by atoms with Crippen molar-refractivity contribution in [2.24, 2.45) is 0 Å². The molecule has 0 amide bonds. The standard InChI is InChI=1S/C16H23ClN4/c1-12-7-9-18-16-15(12)19-14(6-8-17)21(16)11-13-5-3-4-10-20(13)2/h7,9,13H,3-6,8,10-11H2,1-2H3. The molecule has 2 aromatic rings. The highest BCUT2D eigenvalue weighted by Crippen LogP contribution is 2.22. The predicted molar refractivity (Wildman–Crippen MR) is 87.0 cm³/mol. The number of likely N-dealkylation sites (N-methyl/N-ethyl adjacent to an activating group) is 1. The smallest absolute Gasteiger partial charge is 0.160 e. The molecule has 0 bridgehead atoms. The number of aryl methyl sites for hydroxylation is 2. The van der Waals surface area contributed by atoms with Crippen LogP contribution in [-0.4, -0.2) is 44.9 Å². The van der Waals surface area contributed by atoms with Gasteiger partial charge in [0.1, 0.15) is 11.3 Å². The maximum Gasteiger partial charge on any atom is 0.160 e. The van der Waals surface area contributed by atoms with Gasteiger partial charge in [-0.05, 0) is 45.0 Å². The molecule has 0 saturated carbocycles. The largest absolute Gasteiger partial charge is 0.311 e. The van der Waals surface area contributed by atoms with E-state index in [9.17, 15) is 0 Å². The molecule has 21 heavy (non-hydrogen) atoms. The van der Waals surface area contributed by atoms with Crippen molar-refractivity contribution in [2.45, 2.75) is 45.2 Å². The molecule has 1 fully saturated rings. The van der Waals surface area contributed by atoms with Crippen LogP contribution >= 0.6 is 11.6 Å². The maximum absolute atomic E-state index is 5.96. The number of piperidine rings is 1. The number of hydrogen-bond acceptors (Lipinski definition) is 3. The van der Waals surface area contributed by atoms with Crippen molar-refractivity contribution in [3.63, 3.8) is 0 Å². The Morgan fingerprint density at radius 1 is 1.38 bits per heavy atom. The first-order valence-corrected chi connectivity index (χ1v) is 8.31. The van der Waals surface area contributed by atoms with Gasteiger partial charge in [0.25, 0.3) is 0 Å². The topological polar surface area (TPSA) is 34.0 Å². The molecular formula is C16H23ClN4. The van der Waals surface area contributed by atoms with Crippen LogP contribution in [0.2, 0.25) is 0 Å². The van der Waals surface area contributed by atoms with Crippen LogP contribution in [0, 0.1) is 6.92 Å². The van der Waals surface area contributed by atoms with Crippen LogP contribution in [-0.2, 0) is 13.0 Å². The Bertz CT molecular complexity index is 622. The molecule has 1 aliphatic rings. The highest BCUT2D eigenvalue weighted by atomic mass is 35.5. The molecule has 114 valence electrons. The predicted octanol–water partition coefficient (Wildman–Crippen LogP) is 3.01. The molecule has 0 radical (unpaired) electrons. The van der Waals surface area contributed by atoms with E-state index in [0.717, 1.165) is 30.0 Å². The highest BCUT2D eigenvalue weighted by Gasteiger charge is 2.22. The van der Waals surface area contributed by atoms with E-state index in [1.807, 2.05) is 12.3 Å². The minimum absolute atomic E-state index is 0.576. The molecule has 1 saturated heterocycles. The number of hydrogen-bond donors (Lipinski definition) is 0. The van der Waals surface area contributed by atoms with Crippen molar-refractivity contribution in [1.82, 2.24) is 19.4 Å². The molecule has 0 aliphatic carbocycles. The van der Waals surface area contributed by atoms with Gasteiger partial charge in [-0.1, -0.05) is 6.42 Å². The zero-order valence-electron chi connectivity index (χ0n) is 12.8. The van der Waals surface area contributed by atoms with E-state index >= 15 is 0 Å². The lowest BCUT2D eigenvalue weighted by atomic mass is 10.0. The Morgan fingerprint density at radius 3 is 3.00 bits per heavy atom. The van der Waals surface area contributed by atoms with E-state index in [0.29, 0.717) is 11.9 Å². The fourth-order valence-electron chi connectivity index (χ4n) is 3.24. The molecule has 4 nitrogen and oxygen atoms in total. The Labute approximate surface area is 131 Å². The van der Waals surface area contributed by atoms with Crippen molar-refractivity contribution in [3.05, 3.63) is 23.7 Å². The molecule has 0 spiro atoms. The molecule has 3 heterocycles. The summed E-state index contributed by atoms with van der Waals surface area (Å²) in [5.41, 5.74) is 3.22. The SMILES string of the molecule is Cc1ccnc2c1nc(CCCl)n2CC1CCCCN1C. The first-order chi connectivity index (χ1) is 10.2. The minimum Gasteiger partial charge on any atom is -0.311 e. The fraction of sp³-hybridized carbons (Fsp3) is 0.625. The fourth-order valence-corrected chi connectivity index (χ4v) is 3.41. The van der Waals surface area contributed by atoms with E-state index in [2.05, 4.69) is 28.4 Å². The van der Waals surface area contributed by atoms with Gasteiger partial charge in [-0.2, -0.15) is 0 Å². The molecule has 3 rings (SSSR count). The van der Waals surface area contributed by atoms with Gasteiger partial charge in [-0.15, -0.1) is 11.6 Å². The van der Waals surface area contributed by atoms with Gasteiger partial charge < -0.3 is 9.47 Å². The van der Waals surface area contributed by atoms with E-state index in [1.54, 1.807) is 0 Å². The number of halogens is 1. The van der Waals surface area contributed by atoms with Crippen LogP contribution in [0.1, 0.15) is 30.7 Å². The van der Waals surface area contributed by atoms with Crippen molar-refractivity contribution in [1.29, 1.82) is 0 Å². The first kappa shape index (κ1) is 14.8. The molecular weight excluding hydrogens is 284 g/mol. The number of imidazole rings is 1. The lowest BCUT2D eigenvalue weighted by Crippen LogP contribution is -2.39. The molecule has 1 atom stereocenters. The van der Waals surface area contributed by atoms with Crippen LogP contribution in [0.15, 0.2) is 12.3 Å². The van der Waals surface area contributed by atoms with Gasteiger partial charge in [0.2, 0.25) is 0 Å². The Balaban J connectivity index is 1.98. The minimum atomic E-state index is 0.576. The number of alkyl halides is 1. The summed E-state index contributed by atoms with van der Waals surface area (Å²) in [6, 6.07) is 2.60. The highest BCUT2D eigenvalue weighted by molar-refractivity contribution is 6.17. The van der Waals surface area contributed by atoms with E-state index in [1.165, 1.54) is 31.4 Å². The zero-order valence-corrected chi connectivity index (χ0v) is 13.6. The Morgan fingerprint density at radius 2 is 2.24 bits per heavy atom. The summed E-state index contributed by atoms with van der Waals surface area (Å²) in [4.78, 5) is 11.8. The second-order valence-corrected chi connectivity index (χ2v) is 6.39. The van der Waals surface area contributed by atoms with E-state index in [-0.39, 0.29) is 0 Å². The number of fused-ring (bicyclic) bond motifs is 1. The van der Waals surface area contributed by atoms with E-state index in [4.69, 9.17) is 16.6 Å². The van der Waals surface area contributed by atoms with Crippen molar-refractivity contribution < 1.29 is 0 Å². The molecule has 5 heteroatoms. The van der Waals surface area contributed by atoms with Crippen LogP contribution in [0.3, 0.4) is 0 Å². The molecule has 1 unspecified atom stereocenters. The second kappa shape index (κ2) is 6.32. The van der Waals surface area contributed by atoms with Crippen LogP contribution < -0.4 is 0 Å². The number of rotatable bonds is 4. The third-order valence-corrected chi connectivity index (χ3v) is 4.74. The number of pyridine rings is 1. The monoisotopic (exact) mass is 306 g/mol. The second-order valence-electron chi connectivity index (χ2n) is 6.01. The van der Waals surface area contributed by atoms with Crippen LogP contribution in [0.4, 0.5) is 0 Å². The quantitative estimate of drug-likeness (QED) is 0.814. The zero-order chi connectivity index (χ0) is 14.8. The summed E-state index contributed by atoms with van der Waals surface area (Å²) in [6.07, 6.45) is 6.56. The Hall–Kier alpha value is -1.13. The normalized spacial score (nSPS) is 20.2. The molecule has 0 aromatic carbocycles. The number of aromatic nitrogens is 3. The van der Waals surface area contributed by atoms with Crippen molar-refractivity contribution in [2.75, 3.05) is 19.5 Å². The summed E-state index contributed by atoms with van der Waals surface area (Å²) in [5.74, 6) is 1.67. The summed E-state index contributed by atoms with van der Waals surface area (Å²) in [7, 11) is 2.23. The lowest BCUT2D eigenvalue weighted by molar-refractivity contribution is 0.167. The molecule has 2 aromatic heterocycles. The molecule has 1 aliphatic heterocycles. The number of likely N-dealkylation sites (tertiary alicyclic amines) is 1. The average Bonchev–Trinajstić information content (AvgIpc) is 2.82. The van der Waals surface area contributed by atoms with Gasteiger partial charge in [0, 0.05) is 31.1 Å². The lowest BCUT2D eigenvalue weighted by Gasteiger charge is -2.33. The summed E-state index contributed by atoms with van der Waals surface area (Å²) in [5, 5.41) is 0. The third kappa shape index (κ3) is 2.92. The maximum atomic E-state index is 5.96. The average molecular weight is 307 g/mol. The summed E-state index contributed by atoms with van der Waals surface area (Å²) < 4.78 is 2.29. The van der Waals surface area contributed by atoms with Crippen LogP contribution in [0.5, 0.6) is 0 Å². The van der Waals surface area contributed by atoms with Gasteiger partial charge in [0.15, 0.2) is 5.65 Å². The number of nitrogens with zero attached hydrogens (tertiary/aromatic N) is 4. The van der Waals surface area contributed by atoms with Crippen molar-refractivity contribution >= 4 is 22.8 Å². The van der Waals surface area contributed by atoms with Crippen molar-refractivity contribution in [3.8, 4) is 0 Å². The van der Waals surface area contributed by atoms with Gasteiger partial charge in [0.05, 0.1) is 0 Å². The van der Waals surface area contributed by atoms with Gasteiger partial charge >= 0.3 is 0 Å².